The Morgan fingerprint density at radius 2 is 2.22 bits per heavy atom. The molecule has 0 atom stereocenters. The average Bonchev–Trinajstić information content (AvgIpc) is 2.67. The molecule has 6 nitrogen and oxygen atoms in total. The SMILES string of the molecule is C[n+]1ccn(CCC(=O)SCCN=C(N)N)c1.[Br-]. The van der Waals surface area contributed by atoms with E-state index in [1.165, 1.54) is 11.8 Å². The monoisotopic (exact) mass is 335 g/mol. The van der Waals surface area contributed by atoms with Gasteiger partial charge in [-0.1, -0.05) is 11.8 Å². The first-order valence-electron chi connectivity index (χ1n) is 5.30. The Morgan fingerprint density at radius 1 is 1.50 bits per heavy atom. The van der Waals surface area contributed by atoms with Gasteiger partial charge in [0.15, 0.2) is 11.1 Å². The highest BCUT2D eigenvalue weighted by molar-refractivity contribution is 8.13. The fourth-order valence-corrected chi connectivity index (χ4v) is 1.91. The number of hydrogen-bond acceptors (Lipinski definition) is 3. The molecule has 1 rings (SSSR count). The average molecular weight is 336 g/mol. The van der Waals surface area contributed by atoms with Crippen molar-refractivity contribution in [2.45, 2.75) is 13.0 Å². The van der Waals surface area contributed by atoms with Crippen molar-refractivity contribution in [3.05, 3.63) is 18.7 Å². The Morgan fingerprint density at radius 3 is 2.78 bits per heavy atom. The second kappa shape index (κ2) is 8.98. The molecular weight excluding hydrogens is 318 g/mol. The molecule has 0 saturated carbocycles. The zero-order valence-electron chi connectivity index (χ0n) is 10.3. The molecule has 0 aromatic carbocycles. The van der Waals surface area contributed by atoms with Gasteiger partial charge in [0.25, 0.3) is 0 Å². The Kier molecular flexibility index (Phi) is 8.47. The summed E-state index contributed by atoms with van der Waals surface area (Å²) in [6.07, 6.45) is 6.34. The van der Waals surface area contributed by atoms with Crippen molar-refractivity contribution < 1.29 is 26.3 Å². The maximum Gasteiger partial charge on any atom is 0.243 e. The smallest absolute Gasteiger partial charge is 0.243 e. The van der Waals surface area contributed by atoms with E-state index in [2.05, 4.69) is 4.99 Å². The largest absolute Gasteiger partial charge is 1.00 e. The lowest BCUT2D eigenvalue weighted by molar-refractivity contribution is -0.671. The third-order valence-electron chi connectivity index (χ3n) is 2.05. The van der Waals surface area contributed by atoms with Gasteiger partial charge in [-0.05, 0) is 0 Å². The molecule has 18 heavy (non-hydrogen) atoms. The van der Waals surface area contributed by atoms with Crippen LogP contribution in [0.15, 0.2) is 23.7 Å². The molecule has 0 bridgehead atoms. The topological polar surface area (TPSA) is 90.3 Å². The summed E-state index contributed by atoms with van der Waals surface area (Å²) in [4.78, 5) is 15.3. The number of aliphatic imine (C=N–C) groups is 1. The zero-order chi connectivity index (χ0) is 12.7. The van der Waals surface area contributed by atoms with E-state index in [0.29, 0.717) is 25.3 Å². The molecule has 0 amide bonds. The van der Waals surface area contributed by atoms with Crippen molar-refractivity contribution >= 4 is 22.8 Å². The van der Waals surface area contributed by atoms with Crippen LogP contribution in [0, 0.1) is 0 Å². The lowest BCUT2D eigenvalue weighted by Gasteiger charge is -1.98. The van der Waals surface area contributed by atoms with Gasteiger partial charge in [0.05, 0.1) is 26.6 Å². The highest BCUT2D eigenvalue weighted by Gasteiger charge is 2.06. The molecule has 1 heterocycles. The van der Waals surface area contributed by atoms with Crippen LogP contribution in [-0.4, -0.2) is 27.9 Å². The summed E-state index contributed by atoms with van der Waals surface area (Å²) in [7, 11) is 1.95. The van der Waals surface area contributed by atoms with E-state index >= 15 is 0 Å². The number of aryl methyl sites for hydroxylation is 2. The van der Waals surface area contributed by atoms with E-state index < -0.39 is 0 Å². The molecule has 0 aliphatic carbocycles. The Balaban J connectivity index is 0.00000289. The van der Waals surface area contributed by atoms with Crippen LogP contribution in [0.5, 0.6) is 0 Å². The van der Waals surface area contributed by atoms with Gasteiger partial charge in [-0.2, -0.15) is 0 Å². The minimum absolute atomic E-state index is 0. The number of aromatic nitrogens is 2. The lowest BCUT2D eigenvalue weighted by Crippen LogP contribution is -3.00. The van der Waals surface area contributed by atoms with Crippen LogP contribution in [0.25, 0.3) is 0 Å². The summed E-state index contributed by atoms with van der Waals surface area (Å²) in [6, 6.07) is 0. The van der Waals surface area contributed by atoms with E-state index in [4.69, 9.17) is 11.5 Å². The molecule has 0 aliphatic heterocycles. The van der Waals surface area contributed by atoms with Crippen LogP contribution in [0.1, 0.15) is 6.42 Å². The third kappa shape index (κ3) is 7.33. The highest BCUT2D eigenvalue weighted by Crippen LogP contribution is 2.06. The molecule has 8 heteroatoms. The van der Waals surface area contributed by atoms with Crippen molar-refractivity contribution in [3.8, 4) is 0 Å². The van der Waals surface area contributed by atoms with E-state index in [9.17, 15) is 4.79 Å². The molecule has 0 radical (unpaired) electrons. The maximum absolute atomic E-state index is 11.5. The maximum atomic E-state index is 11.5. The summed E-state index contributed by atoms with van der Waals surface area (Å²) >= 11 is 1.27. The Labute approximate surface area is 121 Å². The summed E-state index contributed by atoms with van der Waals surface area (Å²) in [6.45, 7) is 1.19. The first kappa shape index (κ1) is 17.0. The van der Waals surface area contributed by atoms with Crippen LogP contribution in [0.4, 0.5) is 0 Å². The number of rotatable bonds is 6. The number of imidazole rings is 1. The standard InChI is InChI=1S/C10H18N5OS.BrH/c1-14-5-6-15(8-14)4-2-9(16)17-7-3-13-10(11)12;/h5-6,8H,2-4,7H2,1H3,(H4,11,12,13);1H/q+1;/p-1. The van der Waals surface area contributed by atoms with Gasteiger partial charge in [-0.15, -0.1) is 0 Å². The van der Waals surface area contributed by atoms with Crippen LogP contribution in [0.2, 0.25) is 0 Å². The number of halogens is 1. The molecule has 0 spiro atoms. The van der Waals surface area contributed by atoms with Gasteiger partial charge in [0.1, 0.15) is 12.4 Å². The molecular formula is C10H18BrN5OS. The van der Waals surface area contributed by atoms with Crippen molar-refractivity contribution in [1.82, 2.24) is 4.57 Å². The molecule has 0 aliphatic rings. The van der Waals surface area contributed by atoms with E-state index in [1.807, 2.05) is 34.9 Å². The van der Waals surface area contributed by atoms with E-state index in [0.717, 1.165) is 0 Å². The first-order chi connectivity index (χ1) is 8.08. The van der Waals surface area contributed by atoms with Gasteiger partial charge in [0.2, 0.25) is 6.33 Å². The second-order valence-corrected chi connectivity index (χ2v) is 4.75. The van der Waals surface area contributed by atoms with Crippen molar-refractivity contribution in [2.75, 3.05) is 12.3 Å². The van der Waals surface area contributed by atoms with Crippen LogP contribution >= 0.6 is 11.8 Å². The van der Waals surface area contributed by atoms with E-state index in [1.54, 1.807) is 0 Å². The fourth-order valence-electron chi connectivity index (χ4n) is 1.26. The quantitative estimate of drug-likeness (QED) is 0.242. The predicted octanol–water partition coefficient (Wildman–Crippen LogP) is -3.76. The molecule has 0 fully saturated rings. The molecule has 4 N–H and O–H groups in total. The number of carbonyl (C=O) groups is 1. The van der Waals surface area contributed by atoms with Crippen LogP contribution in [-0.2, 0) is 18.4 Å². The minimum Gasteiger partial charge on any atom is -1.00 e. The molecule has 0 unspecified atom stereocenters. The number of thioether (sulfide) groups is 1. The van der Waals surface area contributed by atoms with Gasteiger partial charge >= 0.3 is 0 Å². The van der Waals surface area contributed by atoms with Gasteiger partial charge in [-0.25, -0.2) is 9.13 Å². The van der Waals surface area contributed by atoms with E-state index in [-0.39, 0.29) is 28.1 Å². The molecule has 1 aromatic heterocycles. The summed E-state index contributed by atoms with van der Waals surface area (Å²) in [5, 5.41) is 0.159. The second-order valence-electron chi connectivity index (χ2n) is 3.59. The van der Waals surface area contributed by atoms with Crippen LogP contribution in [0.3, 0.4) is 0 Å². The number of nitrogens with zero attached hydrogens (tertiary/aromatic N) is 3. The number of nitrogens with two attached hydrogens (primary N) is 2. The van der Waals surface area contributed by atoms with Crippen molar-refractivity contribution in [3.63, 3.8) is 0 Å². The third-order valence-corrected chi connectivity index (χ3v) is 2.96. The highest BCUT2D eigenvalue weighted by atomic mass is 79.9. The fraction of sp³-hybridized carbons (Fsp3) is 0.500. The van der Waals surface area contributed by atoms with Crippen molar-refractivity contribution in [2.24, 2.45) is 23.5 Å². The summed E-state index contributed by atoms with van der Waals surface area (Å²) in [5.74, 6) is 0.689. The Hall–Kier alpha value is -1.02. The first-order valence-corrected chi connectivity index (χ1v) is 6.28. The van der Waals surface area contributed by atoms with Crippen LogP contribution < -0.4 is 33.0 Å². The van der Waals surface area contributed by atoms with Gasteiger partial charge < -0.3 is 28.4 Å². The number of guanidine groups is 1. The number of hydrogen-bond donors (Lipinski definition) is 2. The van der Waals surface area contributed by atoms with Crippen molar-refractivity contribution in [1.29, 1.82) is 0 Å². The molecule has 102 valence electrons. The number of carbonyl (C=O) groups excluding carboxylic acids is 1. The molecule has 0 saturated heterocycles. The van der Waals surface area contributed by atoms with Gasteiger partial charge in [-0.3, -0.25) is 9.79 Å². The summed E-state index contributed by atoms with van der Waals surface area (Å²) < 4.78 is 3.92. The Bertz CT molecular complexity index is 403. The zero-order valence-corrected chi connectivity index (χ0v) is 12.7. The minimum atomic E-state index is 0. The predicted molar refractivity (Wildman–Crippen MR) is 68.4 cm³/mol. The molecule has 1 aromatic rings. The van der Waals surface area contributed by atoms with Gasteiger partial charge in [0, 0.05) is 5.75 Å². The lowest BCUT2D eigenvalue weighted by atomic mass is 10.5. The summed E-state index contributed by atoms with van der Waals surface area (Å²) in [5.41, 5.74) is 10.3. The normalized spacial score (nSPS) is 9.61.